The minimum absolute atomic E-state index is 0.480. The highest BCUT2D eigenvalue weighted by molar-refractivity contribution is 7.98. The maximum absolute atomic E-state index is 5.33. The molecule has 96 valence electrons. The Morgan fingerprint density at radius 3 is 2.94 bits per heavy atom. The Balaban J connectivity index is 1.98. The summed E-state index contributed by atoms with van der Waals surface area (Å²) in [4.78, 5) is 4.44. The maximum atomic E-state index is 5.33. The Kier molecular flexibility index (Phi) is 4.84. The van der Waals surface area contributed by atoms with Crippen LogP contribution in [0.1, 0.15) is 25.2 Å². The van der Waals surface area contributed by atoms with Crippen molar-refractivity contribution >= 4 is 11.8 Å². The van der Waals surface area contributed by atoms with E-state index in [1.165, 1.54) is 5.56 Å². The Labute approximate surface area is 112 Å². The molecule has 0 amide bonds. The molecule has 0 atom stereocenters. The Morgan fingerprint density at radius 2 is 2.22 bits per heavy atom. The standard InChI is InChI=1S/C14H18N2OS/c1-11(2)16-9-12-5-3-7-15-14(12)18-10-13-6-4-8-17-13/h3-8,11,16H,9-10H2,1-2H3. The van der Waals surface area contributed by atoms with Crippen LogP contribution >= 0.6 is 11.8 Å². The fraction of sp³-hybridized carbons (Fsp3) is 0.357. The van der Waals surface area contributed by atoms with Crippen LogP contribution in [0.3, 0.4) is 0 Å². The first kappa shape index (κ1) is 13.2. The Hall–Kier alpha value is -1.26. The van der Waals surface area contributed by atoms with Crippen LogP contribution in [0, 0.1) is 0 Å². The second kappa shape index (κ2) is 6.61. The summed E-state index contributed by atoms with van der Waals surface area (Å²) >= 11 is 1.71. The van der Waals surface area contributed by atoms with Crippen molar-refractivity contribution in [1.29, 1.82) is 0 Å². The van der Waals surface area contributed by atoms with E-state index >= 15 is 0 Å². The third-order valence-electron chi connectivity index (χ3n) is 2.48. The van der Waals surface area contributed by atoms with Crippen molar-refractivity contribution in [2.75, 3.05) is 0 Å². The number of rotatable bonds is 6. The van der Waals surface area contributed by atoms with Gasteiger partial charge in [-0.3, -0.25) is 0 Å². The van der Waals surface area contributed by atoms with E-state index in [1.807, 2.05) is 24.4 Å². The molecule has 0 bridgehead atoms. The summed E-state index contributed by atoms with van der Waals surface area (Å²) in [5, 5.41) is 4.49. The predicted octanol–water partition coefficient (Wildman–Crippen LogP) is 3.46. The van der Waals surface area contributed by atoms with Crippen molar-refractivity contribution < 1.29 is 4.42 Å². The molecule has 0 aliphatic carbocycles. The highest BCUT2D eigenvalue weighted by atomic mass is 32.2. The molecule has 2 aromatic heterocycles. The molecule has 0 aliphatic rings. The van der Waals surface area contributed by atoms with Crippen molar-refractivity contribution in [3.05, 3.63) is 48.0 Å². The van der Waals surface area contributed by atoms with Crippen LogP contribution in [-0.2, 0) is 12.3 Å². The fourth-order valence-corrected chi connectivity index (χ4v) is 2.44. The number of nitrogens with zero attached hydrogens (tertiary/aromatic N) is 1. The van der Waals surface area contributed by atoms with E-state index in [9.17, 15) is 0 Å². The van der Waals surface area contributed by atoms with Crippen LogP contribution in [-0.4, -0.2) is 11.0 Å². The normalized spacial score (nSPS) is 11.1. The maximum Gasteiger partial charge on any atom is 0.114 e. The molecule has 0 unspecified atom stereocenters. The van der Waals surface area contributed by atoms with Crippen LogP contribution in [0.2, 0.25) is 0 Å². The Morgan fingerprint density at radius 1 is 1.33 bits per heavy atom. The molecule has 1 N–H and O–H groups in total. The van der Waals surface area contributed by atoms with Gasteiger partial charge in [0.05, 0.1) is 12.0 Å². The van der Waals surface area contributed by atoms with E-state index in [2.05, 4.69) is 30.2 Å². The molecular weight excluding hydrogens is 244 g/mol. The van der Waals surface area contributed by atoms with E-state index < -0.39 is 0 Å². The van der Waals surface area contributed by atoms with Gasteiger partial charge >= 0.3 is 0 Å². The largest absolute Gasteiger partial charge is 0.468 e. The molecule has 0 aromatic carbocycles. The van der Waals surface area contributed by atoms with Crippen molar-refractivity contribution in [2.24, 2.45) is 0 Å². The molecular formula is C14H18N2OS. The third kappa shape index (κ3) is 3.89. The molecule has 2 aromatic rings. The summed E-state index contributed by atoms with van der Waals surface area (Å²) in [6.07, 6.45) is 3.54. The van der Waals surface area contributed by atoms with Gasteiger partial charge in [0.25, 0.3) is 0 Å². The first-order chi connectivity index (χ1) is 8.75. The molecule has 4 heteroatoms. The van der Waals surface area contributed by atoms with Gasteiger partial charge in [0.1, 0.15) is 10.8 Å². The van der Waals surface area contributed by atoms with Gasteiger partial charge in [-0.2, -0.15) is 0 Å². The number of hydrogen-bond acceptors (Lipinski definition) is 4. The molecule has 18 heavy (non-hydrogen) atoms. The average molecular weight is 262 g/mol. The van der Waals surface area contributed by atoms with E-state index in [4.69, 9.17) is 4.42 Å². The second-order valence-electron chi connectivity index (χ2n) is 4.37. The number of hydrogen-bond donors (Lipinski definition) is 1. The zero-order valence-electron chi connectivity index (χ0n) is 10.7. The van der Waals surface area contributed by atoms with E-state index in [1.54, 1.807) is 18.0 Å². The van der Waals surface area contributed by atoms with Gasteiger partial charge < -0.3 is 9.73 Å². The lowest BCUT2D eigenvalue weighted by atomic mass is 10.2. The summed E-state index contributed by atoms with van der Waals surface area (Å²) in [5.41, 5.74) is 1.24. The second-order valence-corrected chi connectivity index (χ2v) is 5.34. The molecule has 2 heterocycles. The average Bonchev–Trinajstić information content (AvgIpc) is 2.88. The van der Waals surface area contributed by atoms with Gasteiger partial charge in [0.15, 0.2) is 0 Å². The van der Waals surface area contributed by atoms with Gasteiger partial charge in [-0.05, 0) is 23.8 Å². The van der Waals surface area contributed by atoms with Crippen LogP contribution < -0.4 is 5.32 Å². The highest BCUT2D eigenvalue weighted by Gasteiger charge is 2.06. The molecule has 0 saturated carbocycles. The minimum atomic E-state index is 0.480. The fourth-order valence-electron chi connectivity index (χ4n) is 1.54. The van der Waals surface area contributed by atoms with Gasteiger partial charge in [-0.1, -0.05) is 31.7 Å². The summed E-state index contributed by atoms with van der Waals surface area (Å²) < 4.78 is 5.33. The smallest absolute Gasteiger partial charge is 0.114 e. The monoisotopic (exact) mass is 262 g/mol. The molecule has 3 nitrogen and oxygen atoms in total. The number of nitrogens with one attached hydrogen (secondary N) is 1. The lowest BCUT2D eigenvalue weighted by molar-refractivity contribution is 0.530. The lowest BCUT2D eigenvalue weighted by Crippen LogP contribution is -2.22. The van der Waals surface area contributed by atoms with E-state index in [0.717, 1.165) is 23.1 Å². The quantitative estimate of drug-likeness (QED) is 0.809. The first-order valence-electron chi connectivity index (χ1n) is 6.08. The lowest BCUT2D eigenvalue weighted by Gasteiger charge is -2.10. The van der Waals surface area contributed by atoms with Crippen LogP contribution in [0.5, 0.6) is 0 Å². The molecule has 0 saturated heterocycles. The summed E-state index contributed by atoms with van der Waals surface area (Å²) in [6.45, 7) is 5.14. The SMILES string of the molecule is CC(C)NCc1cccnc1SCc1ccco1. The van der Waals surface area contributed by atoms with Crippen molar-refractivity contribution in [1.82, 2.24) is 10.3 Å². The predicted molar refractivity (Wildman–Crippen MR) is 74.5 cm³/mol. The zero-order valence-corrected chi connectivity index (χ0v) is 11.5. The number of thioether (sulfide) groups is 1. The van der Waals surface area contributed by atoms with Crippen LogP contribution in [0.15, 0.2) is 46.2 Å². The number of pyridine rings is 1. The van der Waals surface area contributed by atoms with Gasteiger partial charge in [-0.15, -0.1) is 0 Å². The molecule has 0 fully saturated rings. The molecule has 0 radical (unpaired) electrons. The number of furan rings is 1. The van der Waals surface area contributed by atoms with Crippen molar-refractivity contribution in [3.8, 4) is 0 Å². The molecule has 0 spiro atoms. The van der Waals surface area contributed by atoms with E-state index in [0.29, 0.717) is 6.04 Å². The van der Waals surface area contributed by atoms with Gasteiger partial charge in [0, 0.05) is 18.8 Å². The Bertz CT molecular complexity index is 468. The first-order valence-corrected chi connectivity index (χ1v) is 7.06. The number of aromatic nitrogens is 1. The molecule has 2 rings (SSSR count). The summed E-state index contributed by atoms with van der Waals surface area (Å²) in [5.74, 6) is 1.80. The van der Waals surface area contributed by atoms with Crippen LogP contribution in [0.4, 0.5) is 0 Å². The summed E-state index contributed by atoms with van der Waals surface area (Å²) in [6, 6.07) is 8.48. The van der Waals surface area contributed by atoms with Gasteiger partial charge in [-0.25, -0.2) is 4.98 Å². The van der Waals surface area contributed by atoms with Crippen LogP contribution in [0.25, 0.3) is 0 Å². The third-order valence-corrected chi connectivity index (χ3v) is 3.55. The highest BCUT2D eigenvalue weighted by Crippen LogP contribution is 2.24. The topological polar surface area (TPSA) is 38.1 Å². The minimum Gasteiger partial charge on any atom is -0.468 e. The van der Waals surface area contributed by atoms with Crippen molar-refractivity contribution in [3.63, 3.8) is 0 Å². The van der Waals surface area contributed by atoms with Gasteiger partial charge in [0.2, 0.25) is 0 Å². The summed E-state index contributed by atoms with van der Waals surface area (Å²) in [7, 11) is 0. The van der Waals surface area contributed by atoms with E-state index in [-0.39, 0.29) is 0 Å². The van der Waals surface area contributed by atoms with Crippen molar-refractivity contribution in [2.45, 2.75) is 37.2 Å². The molecule has 0 aliphatic heterocycles. The zero-order chi connectivity index (χ0) is 12.8.